The van der Waals surface area contributed by atoms with Crippen molar-refractivity contribution in [3.8, 4) is 0 Å². The van der Waals surface area contributed by atoms with Crippen molar-refractivity contribution < 1.29 is 4.79 Å². The molecule has 0 atom stereocenters. The van der Waals surface area contributed by atoms with E-state index in [0.717, 1.165) is 11.7 Å². The van der Waals surface area contributed by atoms with Crippen LogP contribution in [0.15, 0.2) is 17.1 Å². The molecule has 0 radical (unpaired) electrons. The van der Waals surface area contributed by atoms with E-state index in [1.165, 1.54) is 11.3 Å². The number of carbonyl (C=O) groups excluding carboxylic acids is 1. The van der Waals surface area contributed by atoms with Crippen LogP contribution in [0.4, 0.5) is 0 Å². The Kier molecular flexibility index (Phi) is 2.42. The Labute approximate surface area is 82.6 Å². The van der Waals surface area contributed by atoms with Crippen molar-refractivity contribution in [2.45, 2.75) is 6.42 Å². The summed E-state index contributed by atoms with van der Waals surface area (Å²) in [5.74, 6) is -0.00560. The maximum Gasteiger partial charge on any atom is 0.188 e. The van der Waals surface area contributed by atoms with E-state index in [0.29, 0.717) is 17.8 Å². The van der Waals surface area contributed by atoms with Gasteiger partial charge in [0.15, 0.2) is 5.78 Å². The molecule has 2 heterocycles. The molecule has 2 rings (SSSR count). The summed E-state index contributed by atoms with van der Waals surface area (Å²) in [6, 6.07) is 0. The summed E-state index contributed by atoms with van der Waals surface area (Å²) in [7, 11) is 0. The van der Waals surface area contributed by atoms with Gasteiger partial charge in [0.1, 0.15) is 5.69 Å². The minimum Gasteiger partial charge on any atom is -0.292 e. The summed E-state index contributed by atoms with van der Waals surface area (Å²) in [5, 5.41) is 1.74. The predicted octanol–water partition coefficient (Wildman–Crippen LogP) is 1.42. The number of aromatic nitrogens is 3. The first kappa shape index (κ1) is 8.46. The minimum atomic E-state index is -0.00560. The molecular weight excluding hydrogens is 206 g/mol. The highest BCUT2D eigenvalue weighted by molar-refractivity contribution is 7.07. The van der Waals surface area contributed by atoms with E-state index < -0.39 is 0 Å². The number of rotatable bonds is 3. The number of hydrogen-bond acceptors (Lipinski definition) is 6. The summed E-state index contributed by atoms with van der Waals surface area (Å²) in [4.78, 5) is 15.4. The van der Waals surface area contributed by atoms with E-state index in [2.05, 4.69) is 13.7 Å². The molecule has 2 aromatic rings. The van der Waals surface area contributed by atoms with Crippen LogP contribution in [-0.4, -0.2) is 19.5 Å². The van der Waals surface area contributed by atoms with Crippen LogP contribution >= 0.6 is 23.1 Å². The molecule has 2 aromatic heterocycles. The van der Waals surface area contributed by atoms with Crippen molar-refractivity contribution in [3.05, 3.63) is 28.5 Å². The van der Waals surface area contributed by atoms with Crippen LogP contribution in [0, 0.1) is 0 Å². The zero-order chi connectivity index (χ0) is 9.10. The summed E-state index contributed by atoms with van der Waals surface area (Å²) >= 11 is 2.52. The maximum atomic E-state index is 11.5. The molecule has 0 aliphatic carbocycles. The fourth-order valence-electron chi connectivity index (χ4n) is 0.867. The molecule has 0 unspecified atom stereocenters. The van der Waals surface area contributed by atoms with Crippen molar-refractivity contribution in [3.63, 3.8) is 0 Å². The molecule has 0 aromatic carbocycles. The Balaban J connectivity index is 2.08. The number of thiazole rings is 1. The van der Waals surface area contributed by atoms with Crippen LogP contribution in [0.1, 0.15) is 16.2 Å². The molecule has 0 amide bonds. The molecule has 0 aliphatic rings. The number of hydrogen-bond donors (Lipinski definition) is 0. The third-order valence-corrected chi connectivity index (χ3v) is 2.57. The zero-order valence-corrected chi connectivity index (χ0v) is 8.14. The molecule has 4 nitrogen and oxygen atoms in total. The van der Waals surface area contributed by atoms with Gasteiger partial charge in [0.2, 0.25) is 0 Å². The van der Waals surface area contributed by atoms with E-state index in [9.17, 15) is 4.79 Å². The molecule has 0 fully saturated rings. The largest absolute Gasteiger partial charge is 0.292 e. The van der Waals surface area contributed by atoms with E-state index in [-0.39, 0.29) is 5.78 Å². The van der Waals surface area contributed by atoms with Crippen LogP contribution in [0.5, 0.6) is 0 Å². The zero-order valence-electron chi connectivity index (χ0n) is 6.51. The van der Waals surface area contributed by atoms with Crippen LogP contribution in [-0.2, 0) is 6.42 Å². The van der Waals surface area contributed by atoms with E-state index in [4.69, 9.17) is 0 Å². The average molecular weight is 211 g/mol. The van der Waals surface area contributed by atoms with Crippen LogP contribution in [0.2, 0.25) is 0 Å². The van der Waals surface area contributed by atoms with Crippen molar-refractivity contribution >= 4 is 28.8 Å². The average Bonchev–Trinajstić information content (AvgIpc) is 2.74. The maximum absolute atomic E-state index is 11.5. The lowest BCUT2D eigenvalue weighted by atomic mass is 10.2. The molecule has 0 saturated heterocycles. The van der Waals surface area contributed by atoms with Gasteiger partial charge in [0.25, 0.3) is 0 Å². The quantitative estimate of drug-likeness (QED) is 0.720. The lowest BCUT2D eigenvalue weighted by molar-refractivity contribution is 0.0988. The van der Waals surface area contributed by atoms with Crippen LogP contribution < -0.4 is 0 Å². The van der Waals surface area contributed by atoms with Crippen molar-refractivity contribution in [1.29, 1.82) is 0 Å². The Hall–Kier alpha value is -1.14. The number of Topliss-reactive ketones (excluding diaryl/α,β-unsaturated/α-hetero) is 1. The third kappa shape index (κ3) is 1.96. The topological polar surface area (TPSA) is 55.7 Å². The van der Waals surface area contributed by atoms with Gasteiger partial charge in [0.05, 0.1) is 35.6 Å². The molecule has 66 valence electrons. The van der Waals surface area contributed by atoms with Gasteiger partial charge in [-0.25, -0.2) is 4.98 Å². The number of ketones is 1. The van der Waals surface area contributed by atoms with E-state index >= 15 is 0 Å². The van der Waals surface area contributed by atoms with Gasteiger partial charge in [-0.1, -0.05) is 0 Å². The lowest BCUT2D eigenvalue weighted by Crippen LogP contribution is -2.03. The van der Waals surface area contributed by atoms with Crippen molar-refractivity contribution in [2.75, 3.05) is 0 Å². The lowest BCUT2D eigenvalue weighted by Gasteiger charge is -1.90. The van der Waals surface area contributed by atoms with Gasteiger partial charge in [-0.2, -0.15) is 8.75 Å². The first-order chi connectivity index (χ1) is 6.36. The van der Waals surface area contributed by atoms with Crippen LogP contribution in [0.3, 0.4) is 0 Å². The molecule has 0 N–H and O–H groups in total. The first-order valence-electron chi connectivity index (χ1n) is 3.54. The molecule has 0 spiro atoms. The molecule has 13 heavy (non-hydrogen) atoms. The first-order valence-corrected chi connectivity index (χ1v) is 5.21. The van der Waals surface area contributed by atoms with E-state index in [1.807, 2.05) is 0 Å². The number of carbonyl (C=O) groups is 1. The second-order valence-corrected chi connectivity index (χ2v) is 3.65. The SMILES string of the molecule is O=C(Cc1cnsn1)c1cscn1. The second kappa shape index (κ2) is 3.71. The summed E-state index contributed by atoms with van der Waals surface area (Å²) < 4.78 is 7.77. The molecule has 6 heteroatoms. The van der Waals surface area contributed by atoms with Gasteiger partial charge < -0.3 is 0 Å². The molecular formula is C7H5N3OS2. The molecule has 0 bridgehead atoms. The standard InChI is InChI=1S/C7H5N3OS2/c11-7(6-3-12-4-8-6)1-5-2-9-13-10-5/h2-4H,1H2. The van der Waals surface area contributed by atoms with Crippen molar-refractivity contribution in [2.24, 2.45) is 0 Å². The summed E-state index contributed by atoms with van der Waals surface area (Å²) in [6.45, 7) is 0. The number of nitrogens with zero attached hydrogens (tertiary/aromatic N) is 3. The van der Waals surface area contributed by atoms with E-state index in [1.54, 1.807) is 17.1 Å². The Morgan fingerprint density at radius 3 is 3.08 bits per heavy atom. The Morgan fingerprint density at radius 2 is 2.46 bits per heavy atom. The van der Waals surface area contributed by atoms with Crippen molar-refractivity contribution in [1.82, 2.24) is 13.7 Å². The van der Waals surface area contributed by atoms with Gasteiger partial charge in [0, 0.05) is 5.38 Å². The highest BCUT2D eigenvalue weighted by Gasteiger charge is 2.09. The Bertz CT molecular complexity index is 382. The predicted molar refractivity (Wildman–Crippen MR) is 50.1 cm³/mol. The highest BCUT2D eigenvalue weighted by Crippen LogP contribution is 2.06. The van der Waals surface area contributed by atoms with Gasteiger partial charge in [-0.3, -0.25) is 4.79 Å². The minimum absolute atomic E-state index is 0.00560. The fourth-order valence-corrected chi connectivity index (χ4v) is 1.86. The smallest absolute Gasteiger partial charge is 0.188 e. The Morgan fingerprint density at radius 1 is 1.54 bits per heavy atom. The van der Waals surface area contributed by atoms with Crippen LogP contribution in [0.25, 0.3) is 0 Å². The van der Waals surface area contributed by atoms with Gasteiger partial charge in [-0.05, 0) is 0 Å². The normalized spacial score (nSPS) is 10.2. The van der Waals surface area contributed by atoms with Gasteiger partial charge >= 0.3 is 0 Å². The third-order valence-electron chi connectivity index (χ3n) is 1.47. The molecule has 0 aliphatic heterocycles. The monoisotopic (exact) mass is 211 g/mol. The highest BCUT2D eigenvalue weighted by atomic mass is 32.1. The molecule has 0 saturated carbocycles. The summed E-state index contributed by atoms with van der Waals surface area (Å²) in [6.07, 6.45) is 1.90. The second-order valence-electron chi connectivity index (χ2n) is 2.37. The fraction of sp³-hybridized carbons (Fsp3) is 0.143. The van der Waals surface area contributed by atoms with Gasteiger partial charge in [-0.15, -0.1) is 11.3 Å². The summed E-state index contributed by atoms with van der Waals surface area (Å²) in [5.41, 5.74) is 2.87.